The highest BCUT2D eigenvalue weighted by Crippen LogP contribution is 2.39. The van der Waals surface area contributed by atoms with Crippen LogP contribution >= 0.6 is 0 Å². The number of carbonyl (C=O) groups excluding carboxylic acids is 1. The molecule has 0 atom stereocenters. The van der Waals surface area contributed by atoms with Gasteiger partial charge in [0.1, 0.15) is 0 Å². The maximum absolute atomic E-state index is 12.0. The van der Waals surface area contributed by atoms with Gasteiger partial charge in [-0.2, -0.15) is 0 Å². The standard InChI is InChI=1S/C16H14O2/c1-2-16(9-10-16)18-15(17)14-8-7-12-5-3-4-6-13(12)11-14/h1,4,6-8,11H,3,5,9-10H2. The van der Waals surface area contributed by atoms with Crippen molar-refractivity contribution < 1.29 is 9.53 Å². The smallest absolute Gasteiger partial charge is 0.339 e. The Labute approximate surface area is 107 Å². The molecule has 0 aromatic heterocycles. The highest BCUT2D eigenvalue weighted by Gasteiger charge is 2.45. The number of esters is 1. The summed E-state index contributed by atoms with van der Waals surface area (Å²) in [5.41, 5.74) is 2.36. The largest absolute Gasteiger partial charge is 0.442 e. The highest BCUT2D eigenvalue weighted by atomic mass is 16.6. The van der Waals surface area contributed by atoms with Gasteiger partial charge < -0.3 is 4.74 Å². The van der Waals surface area contributed by atoms with E-state index in [1.54, 1.807) is 0 Å². The minimum Gasteiger partial charge on any atom is -0.442 e. The van der Waals surface area contributed by atoms with E-state index in [-0.39, 0.29) is 5.97 Å². The third-order valence-electron chi connectivity index (χ3n) is 3.51. The number of allylic oxidation sites excluding steroid dienone is 1. The fourth-order valence-electron chi connectivity index (χ4n) is 2.18. The minimum atomic E-state index is -0.622. The van der Waals surface area contributed by atoms with E-state index in [0.717, 1.165) is 31.2 Å². The molecule has 0 bridgehead atoms. The van der Waals surface area contributed by atoms with Gasteiger partial charge in [0.05, 0.1) is 5.56 Å². The Morgan fingerprint density at radius 1 is 1.39 bits per heavy atom. The Hall–Kier alpha value is -2.01. The molecule has 2 aliphatic rings. The minimum absolute atomic E-state index is 0.313. The van der Waals surface area contributed by atoms with Crippen LogP contribution < -0.4 is 0 Å². The monoisotopic (exact) mass is 238 g/mol. The first-order valence-corrected chi connectivity index (χ1v) is 6.23. The SMILES string of the molecule is C#CC1(OC(=O)c2ccc3c(c2)C=CCC3)CC1. The van der Waals surface area contributed by atoms with E-state index in [2.05, 4.69) is 18.1 Å². The molecular formula is C16H14O2. The van der Waals surface area contributed by atoms with Gasteiger partial charge in [-0.25, -0.2) is 4.79 Å². The molecule has 1 aromatic rings. The molecule has 1 aromatic carbocycles. The quantitative estimate of drug-likeness (QED) is 0.585. The van der Waals surface area contributed by atoms with Crippen LogP contribution in [0.25, 0.3) is 6.08 Å². The van der Waals surface area contributed by atoms with Gasteiger partial charge in [-0.15, -0.1) is 6.42 Å². The lowest BCUT2D eigenvalue weighted by Gasteiger charge is -2.13. The molecule has 0 radical (unpaired) electrons. The highest BCUT2D eigenvalue weighted by molar-refractivity contribution is 5.91. The van der Waals surface area contributed by atoms with E-state index in [1.165, 1.54) is 5.56 Å². The number of terminal acetylenes is 1. The molecule has 0 saturated heterocycles. The summed E-state index contributed by atoms with van der Waals surface area (Å²) in [5.74, 6) is 2.25. The molecule has 0 unspecified atom stereocenters. The summed E-state index contributed by atoms with van der Waals surface area (Å²) in [4.78, 5) is 12.0. The lowest BCUT2D eigenvalue weighted by Crippen LogP contribution is -2.17. The molecule has 0 spiro atoms. The van der Waals surface area contributed by atoms with Crippen LogP contribution in [0.4, 0.5) is 0 Å². The van der Waals surface area contributed by atoms with Crippen LogP contribution in [-0.4, -0.2) is 11.6 Å². The van der Waals surface area contributed by atoms with E-state index in [4.69, 9.17) is 11.2 Å². The van der Waals surface area contributed by atoms with Crippen molar-refractivity contribution >= 4 is 12.0 Å². The molecule has 2 aliphatic carbocycles. The van der Waals surface area contributed by atoms with E-state index in [1.807, 2.05) is 18.2 Å². The summed E-state index contributed by atoms with van der Waals surface area (Å²) in [5, 5.41) is 0. The Bertz CT molecular complexity index is 571. The summed E-state index contributed by atoms with van der Waals surface area (Å²) in [6, 6.07) is 5.72. The van der Waals surface area contributed by atoms with Crippen molar-refractivity contribution in [3.8, 4) is 12.3 Å². The molecule has 2 nitrogen and oxygen atoms in total. The average molecular weight is 238 g/mol. The number of hydrogen-bond acceptors (Lipinski definition) is 2. The summed E-state index contributed by atoms with van der Waals surface area (Å²) in [6.07, 6.45) is 13.2. The molecule has 90 valence electrons. The molecule has 1 fully saturated rings. The average Bonchev–Trinajstić information content (AvgIpc) is 3.18. The number of ether oxygens (including phenoxy) is 1. The van der Waals surface area contributed by atoms with Crippen molar-refractivity contribution in [2.75, 3.05) is 0 Å². The molecule has 0 aliphatic heterocycles. The van der Waals surface area contributed by atoms with Gasteiger partial charge >= 0.3 is 5.97 Å². The summed E-state index contributed by atoms with van der Waals surface area (Å²) < 4.78 is 5.38. The lowest BCUT2D eigenvalue weighted by atomic mass is 9.95. The van der Waals surface area contributed by atoms with Crippen LogP contribution in [0.3, 0.4) is 0 Å². The molecule has 3 rings (SSSR count). The molecule has 18 heavy (non-hydrogen) atoms. The van der Waals surface area contributed by atoms with Crippen LogP contribution in [0.1, 0.15) is 40.7 Å². The molecule has 0 amide bonds. The number of hydrogen-bond donors (Lipinski definition) is 0. The van der Waals surface area contributed by atoms with Gasteiger partial charge in [-0.05, 0) is 36.1 Å². The Morgan fingerprint density at radius 2 is 2.22 bits per heavy atom. The summed E-state index contributed by atoms with van der Waals surface area (Å²) >= 11 is 0. The molecule has 1 saturated carbocycles. The summed E-state index contributed by atoms with van der Waals surface area (Å²) in [6.45, 7) is 0. The topological polar surface area (TPSA) is 26.3 Å². The summed E-state index contributed by atoms with van der Waals surface area (Å²) in [7, 11) is 0. The van der Waals surface area contributed by atoms with Crippen LogP contribution in [0, 0.1) is 12.3 Å². The second-order valence-electron chi connectivity index (χ2n) is 4.88. The number of rotatable bonds is 2. The fraction of sp³-hybridized carbons (Fsp3) is 0.312. The predicted molar refractivity (Wildman–Crippen MR) is 70.0 cm³/mol. The van der Waals surface area contributed by atoms with Crippen molar-refractivity contribution in [2.24, 2.45) is 0 Å². The number of benzene rings is 1. The lowest BCUT2D eigenvalue weighted by molar-refractivity contribution is 0.0361. The zero-order valence-corrected chi connectivity index (χ0v) is 10.1. The fourth-order valence-corrected chi connectivity index (χ4v) is 2.18. The van der Waals surface area contributed by atoms with Crippen molar-refractivity contribution in [3.05, 3.63) is 41.0 Å². The normalized spacial score (nSPS) is 18.6. The molecule has 0 heterocycles. The van der Waals surface area contributed by atoms with Crippen molar-refractivity contribution in [1.82, 2.24) is 0 Å². The first-order chi connectivity index (χ1) is 8.72. The first kappa shape index (κ1) is 11.1. The van der Waals surface area contributed by atoms with E-state index < -0.39 is 5.60 Å². The van der Waals surface area contributed by atoms with Crippen molar-refractivity contribution in [1.29, 1.82) is 0 Å². The Morgan fingerprint density at radius 3 is 2.94 bits per heavy atom. The maximum atomic E-state index is 12.0. The zero-order valence-electron chi connectivity index (χ0n) is 10.1. The Balaban J connectivity index is 1.83. The molecular weight excluding hydrogens is 224 g/mol. The van der Waals surface area contributed by atoms with Crippen LogP contribution in [0.15, 0.2) is 24.3 Å². The van der Waals surface area contributed by atoms with Gasteiger partial charge in [0.15, 0.2) is 5.60 Å². The number of carbonyl (C=O) groups is 1. The third kappa shape index (κ3) is 1.93. The van der Waals surface area contributed by atoms with Gasteiger partial charge in [0.25, 0.3) is 0 Å². The van der Waals surface area contributed by atoms with Crippen LogP contribution in [0.2, 0.25) is 0 Å². The van der Waals surface area contributed by atoms with E-state index in [9.17, 15) is 4.79 Å². The van der Waals surface area contributed by atoms with E-state index in [0.29, 0.717) is 5.56 Å². The number of aryl methyl sites for hydroxylation is 1. The second kappa shape index (κ2) is 4.03. The van der Waals surface area contributed by atoms with Gasteiger partial charge in [0, 0.05) is 12.8 Å². The predicted octanol–water partition coefficient (Wildman–Crippen LogP) is 2.97. The van der Waals surface area contributed by atoms with Crippen molar-refractivity contribution in [2.45, 2.75) is 31.3 Å². The first-order valence-electron chi connectivity index (χ1n) is 6.23. The van der Waals surface area contributed by atoms with Gasteiger partial charge in [-0.1, -0.05) is 24.1 Å². The van der Waals surface area contributed by atoms with Gasteiger partial charge in [0.2, 0.25) is 0 Å². The van der Waals surface area contributed by atoms with Crippen LogP contribution in [-0.2, 0) is 11.2 Å². The Kier molecular flexibility index (Phi) is 2.48. The van der Waals surface area contributed by atoms with Gasteiger partial charge in [-0.3, -0.25) is 0 Å². The second-order valence-corrected chi connectivity index (χ2v) is 4.88. The molecule has 2 heteroatoms. The zero-order chi connectivity index (χ0) is 12.6. The number of fused-ring (bicyclic) bond motifs is 1. The van der Waals surface area contributed by atoms with Crippen LogP contribution in [0.5, 0.6) is 0 Å². The third-order valence-corrected chi connectivity index (χ3v) is 3.51. The van der Waals surface area contributed by atoms with E-state index >= 15 is 0 Å². The van der Waals surface area contributed by atoms with Crippen molar-refractivity contribution in [3.63, 3.8) is 0 Å². The maximum Gasteiger partial charge on any atom is 0.339 e. The molecule has 0 N–H and O–H groups in total.